The molecule has 2 aromatic heterocycles. The van der Waals surface area contributed by atoms with E-state index in [1.165, 1.54) is 35.5 Å². The molecule has 146 valence electrons. The van der Waals surface area contributed by atoms with Gasteiger partial charge in [0, 0.05) is 30.4 Å². The Morgan fingerprint density at radius 1 is 1.32 bits per heavy atom. The van der Waals surface area contributed by atoms with Gasteiger partial charge in [0.05, 0.1) is 10.6 Å². The Hall–Kier alpha value is -3.56. The smallest absolute Gasteiger partial charge is 0.295 e. The number of aromatic nitrogens is 5. The summed E-state index contributed by atoms with van der Waals surface area (Å²) in [5.41, 5.74) is 2.27. The van der Waals surface area contributed by atoms with Crippen molar-refractivity contribution in [2.75, 3.05) is 6.54 Å². The van der Waals surface area contributed by atoms with Crippen LogP contribution in [0.1, 0.15) is 28.7 Å². The van der Waals surface area contributed by atoms with Crippen LogP contribution >= 0.6 is 0 Å². The standard InChI is InChI=1S/C18H21N7O3/c1-12(9-23-14(3)6-13(2)22-23)8-20-18(26)15-4-5-16(17(7-15)25(27)28)24-11-19-10-21-24/h4-7,10-12H,8-9H2,1-3H3,(H,20,26)/t12-/m1/s1. The first-order valence-electron chi connectivity index (χ1n) is 8.78. The van der Waals surface area contributed by atoms with Crippen LogP contribution in [0, 0.1) is 29.9 Å². The van der Waals surface area contributed by atoms with E-state index < -0.39 is 4.92 Å². The predicted molar refractivity (Wildman–Crippen MR) is 101 cm³/mol. The minimum Gasteiger partial charge on any atom is -0.352 e. The number of nitrogens with zero attached hydrogens (tertiary/aromatic N) is 6. The van der Waals surface area contributed by atoms with Gasteiger partial charge in [0.2, 0.25) is 0 Å². The van der Waals surface area contributed by atoms with E-state index in [9.17, 15) is 14.9 Å². The fourth-order valence-electron chi connectivity index (χ4n) is 2.93. The van der Waals surface area contributed by atoms with Crippen molar-refractivity contribution in [2.45, 2.75) is 27.3 Å². The van der Waals surface area contributed by atoms with Crippen molar-refractivity contribution in [1.82, 2.24) is 29.9 Å². The summed E-state index contributed by atoms with van der Waals surface area (Å²) < 4.78 is 3.19. The summed E-state index contributed by atoms with van der Waals surface area (Å²) >= 11 is 0. The number of hydrogen-bond donors (Lipinski definition) is 1. The largest absolute Gasteiger partial charge is 0.352 e. The molecule has 1 N–H and O–H groups in total. The molecule has 10 heteroatoms. The maximum absolute atomic E-state index is 12.5. The van der Waals surface area contributed by atoms with Crippen LogP contribution in [-0.2, 0) is 6.54 Å². The number of carbonyl (C=O) groups is 1. The summed E-state index contributed by atoms with van der Waals surface area (Å²) in [5, 5.41) is 22.5. The lowest BCUT2D eigenvalue weighted by Crippen LogP contribution is -2.30. The molecule has 0 saturated carbocycles. The van der Waals surface area contributed by atoms with Gasteiger partial charge in [-0.05, 0) is 38.0 Å². The van der Waals surface area contributed by atoms with Crippen molar-refractivity contribution in [3.05, 3.63) is 64.0 Å². The fraction of sp³-hybridized carbons (Fsp3) is 0.333. The van der Waals surface area contributed by atoms with Crippen LogP contribution in [0.4, 0.5) is 5.69 Å². The normalized spacial score (nSPS) is 12.0. The first-order valence-corrected chi connectivity index (χ1v) is 8.78. The molecule has 1 amide bonds. The lowest BCUT2D eigenvalue weighted by Gasteiger charge is -2.14. The van der Waals surface area contributed by atoms with Gasteiger partial charge in [0.15, 0.2) is 0 Å². The number of benzene rings is 1. The van der Waals surface area contributed by atoms with Gasteiger partial charge in [-0.1, -0.05) is 6.92 Å². The summed E-state index contributed by atoms with van der Waals surface area (Å²) in [5.74, 6) is -0.222. The minimum absolute atomic E-state index is 0.145. The zero-order valence-electron chi connectivity index (χ0n) is 15.9. The second-order valence-corrected chi connectivity index (χ2v) is 6.73. The van der Waals surface area contributed by atoms with Crippen LogP contribution < -0.4 is 5.32 Å². The highest BCUT2D eigenvalue weighted by Gasteiger charge is 2.19. The molecule has 3 rings (SSSR count). The second-order valence-electron chi connectivity index (χ2n) is 6.73. The number of carbonyl (C=O) groups excluding carboxylic acids is 1. The van der Waals surface area contributed by atoms with Crippen LogP contribution in [0.5, 0.6) is 0 Å². The van der Waals surface area contributed by atoms with Gasteiger partial charge in [-0.3, -0.25) is 19.6 Å². The highest BCUT2D eigenvalue weighted by atomic mass is 16.6. The quantitative estimate of drug-likeness (QED) is 0.492. The molecule has 3 aromatic rings. The van der Waals surface area contributed by atoms with E-state index in [-0.39, 0.29) is 28.8 Å². The maximum Gasteiger partial charge on any atom is 0.295 e. The van der Waals surface area contributed by atoms with Gasteiger partial charge in [-0.25, -0.2) is 9.67 Å². The van der Waals surface area contributed by atoms with Gasteiger partial charge in [0.1, 0.15) is 18.3 Å². The number of rotatable bonds is 7. The monoisotopic (exact) mass is 383 g/mol. The van der Waals surface area contributed by atoms with Crippen molar-refractivity contribution in [3.8, 4) is 5.69 Å². The van der Waals surface area contributed by atoms with Crippen molar-refractivity contribution < 1.29 is 9.72 Å². The van der Waals surface area contributed by atoms with E-state index in [2.05, 4.69) is 20.5 Å². The minimum atomic E-state index is -0.542. The Bertz CT molecular complexity index is 995. The van der Waals surface area contributed by atoms with Gasteiger partial charge < -0.3 is 5.32 Å². The molecular formula is C18H21N7O3. The molecule has 0 unspecified atom stereocenters. The molecule has 0 spiro atoms. The Morgan fingerprint density at radius 2 is 2.11 bits per heavy atom. The number of aryl methyl sites for hydroxylation is 2. The summed E-state index contributed by atoms with van der Waals surface area (Å²) in [4.78, 5) is 27.1. The summed E-state index contributed by atoms with van der Waals surface area (Å²) in [6.07, 6.45) is 2.65. The highest BCUT2D eigenvalue weighted by Crippen LogP contribution is 2.23. The van der Waals surface area contributed by atoms with Gasteiger partial charge >= 0.3 is 0 Å². The highest BCUT2D eigenvalue weighted by molar-refractivity contribution is 5.95. The molecule has 2 heterocycles. The van der Waals surface area contributed by atoms with Crippen molar-refractivity contribution in [2.24, 2.45) is 5.92 Å². The van der Waals surface area contributed by atoms with E-state index in [1.807, 2.05) is 31.5 Å². The molecular weight excluding hydrogens is 362 g/mol. The van der Waals surface area contributed by atoms with Crippen LogP contribution in [0.25, 0.3) is 5.69 Å². The van der Waals surface area contributed by atoms with Gasteiger partial charge in [0.25, 0.3) is 11.6 Å². The van der Waals surface area contributed by atoms with Crippen LogP contribution in [-0.4, -0.2) is 41.9 Å². The first kappa shape index (κ1) is 19.2. The van der Waals surface area contributed by atoms with E-state index >= 15 is 0 Å². The lowest BCUT2D eigenvalue weighted by atomic mass is 10.1. The Balaban J connectivity index is 1.68. The summed E-state index contributed by atoms with van der Waals surface area (Å²) in [6.45, 7) is 7.03. The Kier molecular flexibility index (Phi) is 5.48. The van der Waals surface area contributed by atoms with Crippen LogP contribution in [0.15, 0.2) is 36.9 Å². The maximum atomic E-state index is 12.5. The molecule has 28 heavy (non-hydrogen) atoms. The number of amides is 1. The molecule has 0 saturated heterocycles. The number of nitrogens with one attached hydrogen (secondary N) is 1. The van der Waals surface area contributed by atoms with E-state index in [4.69, 9.17) is 0 Å². The molecule has 10 nitrogen and oxygen atoms in total. The molecule has 0 radical (unpaired) electrons. The predicted octanol–water partition coefficient (Wildman–Crippen LogP) is 2.05. The Morgan fingerprint density at radius 3 is 2.71 bits per heavy atom. The number of nitro benzene ring substituents is 1. The summed E-state index contributed by atoms with van der Waals surface area (Å²) in [7, 11) is 0. The van der Waals surface area contributed by atoms with E-state index in [0.29, 0.717) is 13.1 Å². The van der Waals surface area contributed by atoms with Crippen molar-refractivity contribution >= 4 is 11.6 Å². The third kappa shape index (κ3) is 4.22. The first-order chi connectivity index (χ1) is 13.3. The number of nitro groups is 1. The molecule has 0 fully saturated rings. The fourth-order valence-corrected chi connectivity index (χ4v) is 2.93. The van der Waals surface area contributed by atoms with Crippen molar-refractivity contribution in [1.29, 1.82) is 0 Å². The average molecular weight is 383 g/mol. The zero-order valence-corrected chi connectivity index (χ0v) is 15.9. The van der Waals surface area contributed by atoms with Crippen LogP contribution in [0.2, 0.25) is 0 Å². The van der Waals surface area contributed by atoms with Crippen LogP contribution in [0.3, 0.4) is 0 Å². The zero-order chi connectivity index (χ0) is 20.3. The molecule has 0 bridgehead atoms. The van der Waals surface area contributed by atoms with Gasteiger partial charge in [-0.2, -0.15) is 10.2 Å². The topological polar surface area (TPSA) is 121 Å². The third-order valence-corrected chi connectivity index (χ3v) is 4.30. The third-order valence-electron chi connectivity index (χ3n) is 4.30. The SMILES string of the molecule is Cc1cc(C)n(C[C@H](C)CNC(=O)c2ccc(-n3cncn3)c([N+](=O)[O-])c2)n1. The Labute approximate surface area is 161 Å². The average Bonchev–Trinajstić information content (AvgIpc) is 3.29. The molecule has 0 aliphatic rings. The van der Waals surface area contributed by atoms with Crippen molar-refractivity contribution in [3.63, 3.8) is 0 Å². The molecule has 1 atom stereocenters. The molecule has 0 aliphatic carbocycles. The lowest BCUT2D eigenvalue weighted by molar-refractivity contribution is -0.384. The van der Waals surface area contributed by atoms with Gasteiger partial charge in [-0.15, -0.1) is 0 Å². The number of hydrogen-bond acceptors (Lipinski definition) is 6. The second kappa shape index (κ2) is 7.99. The van der Waals surface area contributed by atoms with E-state index in [1.54, 1.807) is 0 Å². The molecule has 0 aliphatic heterocycles. The molecule has 1 aromatic carbocycles. The van der Waals surface area contributed by atoms with E-state index in [0.717, 1.165) is 11.4 Å². The summed E-state index contributed by atoms with van der Waals surface area (Å²) in [6, 6.07) is 6.27.